The summed E-state index contributed by atoms with van der Waals surface area (Å²) < 4.78 is 22.8. The molecule has 0 saturated carbocycles. The first kappa shape index (κ1) is 16.2. The molecule has 1 aromatic carbocycles. The van der Waals surface area contributed by atoms with Crippen LogP contribution in [-0.4, -0.2) is 26.3 Å². The second-order valence-electron chi connectivity index (χ2n) is 5.01. The number of sulfone groups is 1. The minimum Gasteiger partial charge on any atom is -0.387 e. The van der Waals surface area contributed by atoms with Gasteiger partial charge in [0.25, 0.3) is 0 Å². The van der Waals surface area contributed by atoms with Crippen molar-refractivity contribution in [3.63, 3.8) is 0 Å². The molecule has 2 N–H and O–H groups in total. The number of benzene rings is 1. The van der Waals surface area contributed by atoms with Gasteiger partial charge in [-0.25, -0.2) is 8.42 Å². The van der Waals surface area contributed by atoms with Gasteiger partial charge in [0.15, 0.2) is 9.84 Å². The van der Waals surface area contributed by atoms with E-state index >= 15 is 0 Å². The first-order valence-electron chi connectivity index (χ1n) is 6.59. The van der Waals surface area contributed by atoms with Crippen LogP contribution in [0.25, 0.3) is 0 Å². The van der Waals surface area contributed by atoms with Gasteiger partial charge in [-0.15, -0.1) is 11.3 Å². The predicted molar refractivity (Wildman–Crippen MR) is 85.3 cm³/mol. The fourth-order valence-corrected chi connectivity index (χ4v) is 3.47. The lowest BCUT2D eigenvalue weighted by Gasteiger charge is -2.12. The molecule has 0 radical (unpaired) electrons. The van der Waals surface area contributed by atoms with Gasteiger partial charge in [-0.2, -0.15) is 0 Å². The molecule has 2 aromatic rings. The predicted octanol–water partition coefficient (Wildman–Crippen LogP) is 2.28. The van der Waals surface area contributed by atoms with E-state index in [0.717, 1.165) is 6.54 Å². The van der Waals surface area contributed by atoms with E-state index in [9.17, 15) is 13.5 Å². The second-order valence-corrected chi connectivity index (χ2v) is 8.03. The quantitative estimate of drug-likeness (QED) is 0.855. The average Bonchev–Trinajstić information content (AvgIpc) is 2.83. The first-order chi connectivity index (χ1) is 9.88. The van der Waals surface area contributed by atoms with E-state index in [4.69, 9.17) is 0 Å². The fraction of sp³-hybridized carbons (Fsp3) is 0.333. The van der Waals surface area contributed by atoms with Crippen molar-refractivity contribution in [3.8, 4) is 0 Å². The summed E-state index contributed by atoms with van der Waals surface area (Å²) >= 11 is 1.69. The van der Waals surface area contributed by atoms with E-state index in [1.165, 1.54) is 28.8 Å². The Morgan fingerprint density at radius 1 is 1.24 bits per heavy atom. The van der Waals surface area contributed by atoms with Crippen molar-refractivity contribution in [1.82, 2.24) is 5.32 Å². The molecule has 0 fully saturated rings. The summed E-state index contributed by atoms with van der Waals surface area (Å²) in [5.74, 6) is 0. The molecule has 0 aliphatic rings. The van der Waals surface area contributed by atoms with Gasteiger partial charge in [0, 0.05) is 24.2 Å². The molecule has 1 aromatic heterocycles. The lowest BCUT2D eigenvalue weighted by Crippen LogP contribution is -2.21. The molecule has 6 heteroatoms. The van der Waals surface area contributed by atoms with E-state index in [2.05, 4.69) is 18.3 Å². The maximum atomic E-state index is 11.4. The fourth-order valence-electron chi connectivity index (χ4n) is 1.96. The van der Waals surface area contributed by atoms with Crippen molar-refractivity contribution in [2.24, 2.45) is 0 Å². The number of nitrogens with one attached hydrogen (secondary N) is 1. The Hall–Kier alpha value is -1.21. The lowest BCUT2D eigenvalue weighted by molar-refractivity contribution is 0.174. The van der Waals surface area contributed by atoms with Crippen molar-refractivity contribution < 1.29 is 13.5 Å². The number of rotatable bonds is 6. The molecule has 0 bridgehead atoms. The Bertz CT molecular complexity index is 690. The third-order valence-corrected chi connectivity index (χ3v) is 5.44. The number of thiophene rings is 1. The first-order valence-corrected chi connectivity index (χ1v) is 9.37. The van der Waals surface area contributed by atoms with Gasteiger partial charge in [-0.3, -0.25) is 0 Å². The van der Waals surface area contributed by atoms with Crippen LogP contribution in [0.1, 0.15) is 22.1 Å². The Labute approximate surface area is 129 Å². The van der Waals surface area contributed by atoms with Crippen LogP contribution < -0.4 is 5.32 Å². The molecule has 2 rings (SSSR count). The smallest absolute Gasteiger partial charge is 0.175 e. The van der Waals surface area contributed by atoms with Crippen molar-refractivity contribution in [2.75, 3.05) is 12.8 Å². The zero-order valence-corrected chi connectivity index (χ0v) is 13.7. The van der Waals surface area contributed by atoms with Gasteiger partial charge in [0.05, 0.1) is 11.0 Å². The molecule has 4 nitrogen and oxygen atoms in total. The van der Waals surface area contributed by atoms with Crippen LogP contribution in [0.4, 0.5) is 0 Å². The van der Waals surface area contributed by atoms with E-state index in [1.807, 2.05) is 5.38 Å². The molecule has 0 amide bonds. The molecule has 114 valence electrons. The van der Waals surface area contributed by atoms with Crippen molar-refractivity contribution in [2.45, 2.75) is 24.5 Å². The summed E-state index contributed by atoms with van der Waals surface area (Å²) in [6.45, 7) is 3.21. The molecule has 0 aliphatic heterocycles. The van der Waals surface area contributed by atoms with E-state index in [1.54, 1.807) is 23.5 Å². The van der Waals surface area contributed by atoms with Gasteiger partial charge in [0.1, 0.15) is 0 Å². The summed E-state index contributed by atoms with van der Waals surface area (Å²) in [7, 11) is -3.19. The van der Waals surface area contributed by atoms with E-state index in [-0.39, 0.29) is 4.90 Å². The summed E-state index contributed by atoms with van der Waals surface area (Å²) in [5, 5.41) is 15.4. The Morgan fingerprint density at radius 2 is 1.90 bits per heavy atom. The zero-order valence-electron chi connectivity index (χ0n) is 12.0. The largest absolute Gasteiger partial charge is 0.387 e. The van der Waals surface area contributed by atoms with Crippen LogP contribution >= 0.6 is 11.3 Å². The number of hydrogen-bond acceptors (Lipinski definition) is 5. The van der Waals surface area contributed by atoms with Gasteiger partial charge >= 0.3 is 0 Å². The van der Waals surface area contributed by atoms with Crippen LogP contribution in [0.5, 0.6) is 0 Å². The van der Waals surface area contributed by atoms with Crippen molar-refractivity contribution >= 4 is 21.2 Å². The monoisotopic (exact) mass is 325 g/mol. The highest BCUT2D eigenvalue weighted by molar-refractivity contribution is 7.90. The van der Waals surface area contributed by atoms with Crippen molar-refractivity contribution in [1.29, 1.82) is 0 Å². The Kier molecular flexibility index (Phi) is 5.16. The van der Waals surface area contributed by atoms with Crippen LogP contribution in [0, 0.1) is 6.92 Å². The standard InChI is InChI=1S/C15H19NO3S2/c1-11-7-8-20-15(11)10-16-9-14(17)12-3-5-13(6-4-12)21(2,18)19/h3-8,14,16-17H,9-10H2,1-2H3. The highest BCUT2D eigenvalue weighted by atomic mass is 32.2. The van der Waals surface area contributed by atoms with Gasteiger partial charge in [-0.05, 0) is 41.6 Å². The summed E-state index contributed by atoms with van der Waals surface area (Å²) in [6, 6.07) is 8.43. The van der Waals surface area contributed by atoms with Gasteiger partial charge in [-0.1, -0.05) is 12.1 Å². The lowest BCUT2D eigenvalue weighted by atomic mass is 10.1. The molecule has 1 heterocycles. The molecule has 0 aliphatic carbocycles. The summed E-state index contributed by atoms with van der Waals surface area (Å²) in [4.78, 5) is 1.52. The minimum atomic E-state index is -3.19. The third kappa shape index (κ3) is 4.38. The molecule has 1 atom stereocenters. The average molecular weight is 325 g/mol. The summed E-state index contributed by atoms with van der Waals surface area (Å²) in [5.41, 5.74) is 1.96. The van der Waals surface area contributed by atoms with Crippen molar-refractivity contribution in [3.05, 3.63) is 51.7 Å². The normalized spacial score (nSPS) is 13.3. The SMILES string of the molecule is Cc1ccsc1CNCC(O)c1ccc(S(C)(=O)=O)cc1. The van der Waals surface area contributed by atoms with Crippen LogP contribution in [0.15, 0.2) is 40.6 Å². The molecular formula is C15H19NO3S2. The number of aryl methyl sites for hydroxylation is 1. The maximum absolute atomic E-state index is 11.4. The maximum Gasteiger partial charge on any atom is 0.175 e. The highest BCUT2D eigenvalue weighted by Crippen LogP contribution is 2.17. The van der Waals surface area contributed by atoms with Crippen LogP contribution in [0.3, 0.4) is 0 Å². The summed E-state index contributed by atoms with van der Waals surface area (Å²) in [6.07, 6.45) is 0.516. The Morgan fingerprint density at radius 3 is 2.43 bits per heavy atom. The zero-order chi connectivity index (χ0) is 15.5. The minimum absolute atomic E-state index is 0.264. The molecule has 0 saturated heterocycles. The number of aliphatic hydroxyl groups excluding tert-OH is 1. The van der Waals surface area contributed by atoms with Gasteiger partial charge < -0.3 is 10.4 Å². The topological polar surface area (TPSA) is 66.4 Å². The van der Waals surface area contributed by atoms with Crippen LogP contribution in [-0.2, 0) is 16.4 Å². The van der Waals surface area contributed by atoms with Crippen LogP contribution in [0.2, 0.25) is 0 Å². The Balaban J connectivity index is 1.91. The van der Waals surface area contributed by atoms with E-state index in [0.29, 0.717) is 12.1 Å². The number of aliphatic hydroxyl groups is 1. The molecule has 1 unspecified atom stereocenters. The highest BCUT2D eigenvalue weighted by Gasteiger charge is 2.11. The van der Waals surface area contributed by atoms with Gasteiger partial charge in [0.2, 0.25) is 0 Å². The molecular weight excluding hydrogens is 306 g/mol. The second kappa shape index (κ2) is 6.70. The number of hydrogen-bond donors (Lipinski definition) is 2. The molecule has 21 heavy (non-hydrogen) atoms. The van der Waals surface area contributed by atoms with E-state index < -0.39 is 15.9 Å². The molecule has 0 spiro atoms. The third-order valence-electron chi connectivity index (χ3n) is 3.28.